The van der Waals surface area contributed by atoms with Gasteiger partial charge in [0.1, 0.15) is 6.10 Å². The molecule has 0 radical (unpaired) electrons. The Balaban J connectivity index is 0.878. The molecule has 1 N–H and O–H groups in total. The van der Waals surface area contributed by atoms with Crippen molar-refractivity contribution in [1.82, 2.24) is 9.80 Å². The van der Waals surface area contributed by atoms with E-state index in [2.05, 4.69) is 34.5 Å². The van der Waals surface area contributed by atoms with Crippen LogP contribution in [0.15, 0.2) is 78.9 Å². The highest BCUT2D eigenvalue weighted by atomic mass is 16.7. The average Bonchev–Trinajstić information content (AvgIpc) is 3.90. The van der Waals surface area contributed by atoms with Gasteiger partial charge in [-0.2, -0.15) is 0 Å². The van der Waals surface area contributed by atoms with Crippen molar-refractivity contribution >= 4 is 17.7 Å². The van der Waals surface area contributed by atoms with Gasteiger partial charge < -0.3 is 28.7 Å². The van der Waals surface area contributed by atoms with Crippen LogP contribution in [0.1, 0.15) is 56.1 Å². The van der Waals surface area contributed by atoms with E-state index in [0.29, 0.717) is 38.0 Å². The van der Waals surface area contributed by atoms with E-state index in [4.69, 9.17) is 18.9 Å². The number of nitrogens with one attached hydrogen (secondary N) is 1. The highest BCUT2D eigenvalue weighted by Gasteiger charge is 2.42. The second kappa shape index (κ2) is 18.6. The number of hydrogen-bond donors (Lipinski definition) is 1. The van der Waals surface area contributed by atoms with Crippen molar-refractivity contribution in [2.24, 2.45) is 11.8 Å². The highest BCUT2D eigenvalue weighted by molar-refractivity contribution is 5.91. The van der Waals surface area contributed by atoms with Gasteiger partial charge in [0.25, 0.3) is 0 Å². The normalized spacial score (nSPS) is 20.5. The van der Waals surface area contributed by atoms with Crippen molar-refractivity contribution in [3.8, 4) is 11.1 Å². The summed E-state index contributed by atoms with van der Waals surface area (Å²) in [6, 6.07) is 27.0. The molecule has 274 valence electrons. The molecule has 0 unspecified atom stereocenters. The molecule has 1 heterocycles. The van der Waals surface area contributed by atoms with Crippen molar-refractivity contribution in [2.75, 3.05) is 58.9 Å². The molecule has 9 heteroatoms. The Kier molecular flexibility index (Phi) is 13.5. The van der Waals surface area contributed by atoms with Crippen molar-refractivity contribution in [3.63, 3.8) is 0 Å². The Morgan fingerprint density at radius 1 is 0.843 bits per heavy atom. The average molecular weight is 698 g/mol. The number of nitrogens with zero attached hydrogens (tertiary/aromatic N) is 2. The zero-order chi connectivity index (χ0) is 35.4. The summed E-state index contributed by atoms with van der Waals surface area (Å²) in [6.45, 7) is 4.62. The van der Waals surface area contributed by atoms with Crippen molar-refractivity contribution in [2.45, 2.75) is 76.2 Å². The van der Waals surface area contributed by atoms with Crippen LogP contribution in [0.2, 0.25) is 0 Å². The molecule has 3 fully saturated rings. The maximum atomic E-state index is 13.1. The summed E-state index contributed by atoms with van der Waals surface area (Å²) in [5.74, 6) is 1.26. The smallest absolute Gasteiger partial charge is 0.411 e. The van der Waals surface area contributed by atoms with Crippen LogP contribution in [0.3, 0.4) is 0 Å². The molecule has 51 heavy (non-hydrogen) atoms. The zero-order valence-electron chi connectivity index (χ0n) is 30.3. The summed E-state index contributed by atoms with van der Waals surface area (Å²) in [5.41, 5.74) is 5.41. The fourth-order valence-electron chi connectivity index (χ4n) is 8.27. The predicted octanol–water partition coefficient (Wildman–Crippen LogP) is 7.19. The second-order valence-corrected chi connectivity index (χ2v) is 14.4. The van der Waals surface area contributed by atoms with Gasteiger partial charge >= 0.3 is 6.09 Å². The van der Waals surface area contributed by atoms with Gasteiger partial charge in [0.05, 0.1) is 31.9 Å². The van der Waals surface area contributed by atoms with Gasteiger partial charge in [-0.15, -0.1) is 0 Å². The number of rotatable bonds is 17. The van der Waals surface area contributed by atoms with Gasteiger partial charge in [-0.25, -0.2) is 4.79 Å². The molecule has 2 saturated carbocycles. The number of carbonyl (C=O) groups is 2. The number of carbonyl (C=O) groups excluding carboxylic acids is 2. The quantitative estimate of drug-likeness (QED) is 0.118. The number of methoxy groups -OCH3 is 2. The van der Waals surface area contributed by atoms with E-state index in [-0.39, 0.29) is 24.1 Å². The Labute approximate surface area is 303 Å². The minimum absolute atomic E-state index is 0.0343. The van der Waals surface area contributed by atoms with Crippen LogP contribution in [0.4, 0.5) is 10.5 Å². The molecule has 1 aliphatic heterocycles. The monoisotopic (exact) mass is 697 g/mol. The lowest BCUT2D eigenvalue weighted by Gasteiger charge is -2.31. The lowest BCUT2D eigenvalue weighted by Crippen LogP contribution is -2.44. The topological polar surface area (TPSA) is 89.6 Å². The molecule has 9 nitrogen and oxygen atoms in total. The second-order valence-electron chi connectivity index (χ2n) is 14.4. The van der Waals surface area contributed by atoms with E-state index in [1.54, 1.807) is 14.2 Å². The molecule has 3 aromatic rings. The number of ether oxygens (including phenoxy) is 4. The summed E-state index contributed by atoms with van der Waals surface area (Å²) in [4.78, 5) is 30.5. The molecule has 1 saturated heterocycles. The Hall–Kier alpha value is -3.76. The molecule has 6 rings (SSSR count). The highest BCUT2D eigenvalue weighted by Crippen LogP contribution is 2.40. The molecule has 3 atom stereocenters. The van der Waals surface area contributed by atoms with E-state index in [1.807, 2.05) is 59.5 Å². The lowest BCUT2D eigenvalue weighted by atomic mass is 10.0. The summed E-state index contributed by atoms with van der Waals surface area (Å²) >= 11 is 0. The molecular formula is C42H55N3O6. The van der Waals surface area contributed by atoms with E-state index < -0.39 is 6.29 Å². The summed E-state index contributed by atoms with van der Waals surface area (Å²) in [5, 5.41) is 3.00. The minimum atomic E-state index is -0.407. The number of hydrogen-bond acceptors (Lipinski definition) is 7. The van der Waals surface area contributed by atoms with Crippen LogP contribution in [-0.4, -0.2) is 93.8 Å². The number of anilines is 1. The molecule has 0 aromatic heterocycles. The lowest BCUT2D eigenvalue weighted by molar-refractivity contribution is -0.150. The Bertz CT molecular complexity index is 1530. The number of likely N-dealkylation sites (tertiary alicyclic amines) is 1. The van der Waals surface area contributed by atoms with Crippen LogP contribution in [-0.2, 0) is 36.6 Å². The predicted molar refractivity (Wildman–Crippen MR) is 199 cm³/mol. The maximum Gasteiger partial charge on any atom is 0.411 e. The van der Waals surface area contributed by atoms with Crippen LogP contribution in [0, 0.1) is 11.8 Å². The Morgan fingerprint density at radius 3 is 2.25 bits per heavy atom. The number of fused-ring (bicyclic) bond motifs is 1. The van der Waals surface area contributed by atoms with Crippen molar-refractivity contribution in [1.29, 1.82) is 0 Å². The van der Waals surface area contributed by atoms with E-state index in [0.717, 1.165) is 87.8 Å². The fraction of sp³-hybridized carbons (Fsp3) is 0.524. The van der Waals surface area contributed by atoms with E-state index >= 15 is 0 Å². The molecule has 2 aliphatic carbocycles. The van der Waals surface area contributed by atoms with E-state index in [1.165, 1.54) is 11.1 Å². The third-order valence-electron chi connectivity index (χ3n) is 11.0. The molecular weight excluding hydrogens is 642 g/mol. The fourth-order valence-corrected chi connectivity index (χ4v) is 8.27. The SMILES string of the molecule is COC(CN(C(=O)CCOCCc1cccc(CCN2C[C@H]3C[C@H](OC(=O)Nc4ccccc4-c4ccccc4)C[C@H]3C2)c1)C1CCCC1)OC. The molecule has 3 aliphatic rings. The number of amides is 2. The molecule has 2 amide bonds. The van der Waals surface area contributed by atoms with Crippen molar-refractivity contribution in [3.05, 3.63) is 90.0 Å². The van der Waals surface area contributed by atoms with Gasteiger partial charge in [0.15, 0.2) is 6.29 Å². The summed E-state index contributed by atoms with van der Waals surface area (Å²) in [7, 11) is 3.23. The minimum Gasteiger partial charge on any atom is -0.446 e. The standard InChI is InChI=1S/C42H55N3O6/c1-48-41(49-2)30-45(36-15-6-7-16-36)40(46)21-24-50-23-20-32-12-10-11-31(25-32)19-22-44-28-34-26-37(27-35(34)29-44)51-42(47)43-39-18-9-8-17-38(39)33-13-4-3-5-14-33/h3-5,8-14,17-18,25,34-37,41H,6-7,15-16,19-24,26-30H2,1-2H3,(H,43,47)/t34-,35+,37+. The van der Waals surface area contributed by atoms with Crippen LogP contribution in [0.5, 0.6) is 0 Å². The summed E-state index contributed by atoms with van der Waals surface area (Å²) < 4.78 is 22.6. The zero-order valence-corrected chi connectivity index (χ0v) is 30.3. The summed E-state index contributed by atoms with van der Waals surface area (Å²) in [6.07, 6.45) is 7.66. The van der Waals surface area contributed by atoms with Gasteiger partial charge in [-0.1, -0.05) is 85.6 Å². The largest absolute Gasteiger partial charge is 0.446 e. The first-order valence-corrected chi connectivity index (χ1v) is 18.8. The van der Waals surface area contributed by atoms with Gasteiger partial charge in [-0.3, -0.25) is 10.1 Å². The third-order valence-corrected chi connectivity index (χ3v) is 11.0. The van der Waals surface area contributed by atoms with Gasteiger partial charge in [-0.05, 0) is 73.1 Å². The first-order chi connectivity index (χ1) is 25.0. The van der Waals surface area contributed by atoms with Crippen LogP contribution < -0.4 is 5.32 Å². The molecule has 0 spiro atoms. The first-order valence-electron chi connectivity index (χ1n) is 18.8. The van der Waals surface area contributed by atoms with Gasteiger partial charge in [0, 0.05) is 45.5 Å². The third kappa shape index (κ3) is 10.4. The number of para-hydroxylation sites is 1. The number of benzene rings is 3. The van der Waals surface area contributed by atoms with Crippen LogP contribution in [0.25, 0.3) is 11.1 Å². The maximum absolute atomic E-state index is 13.1. The Morgan fingerprint density at radius 2 is 1.53 bits per heavy atom. The van der Waals surface area contributed by atoms with Crippen LogP contribution >= 0.6 is 0 Å². The molecule has 0 bridgehead atoms. The van der Waals surface area contributed by atoms with Gasteiger partial charge in [0.2, 0.25) is 5.91 Å². The van der Waals surface area contributed by atoms with Crippen molar-refractivity contribution < 1.29 is 28.5 Å². The molecule has 3 aromatic carbocycles. The first kappa shape index (κ1) is 37.0. The van der Waals surface area contributed by atoms with E-state index in [9.17, 15) is 9.59 Å².